The molecule has 0 spiro atoms. The summed E-state index contributed by atoms with van der Waals surface area (Å²) >= 11 is 0. The Hall–Kier alpha value is -1.85. The number of carboxylic acids is 1. The molecule has 1 aliphatic rings. The molecule has 1 saturated heterocycles. The molecule has 2 rings (SSSR count). The molecule has 25 heavy (non-hydrogen) atoms. The highest BCUT2D eigenvalue weighted by atomic mass is 32.2. The first-order valence-corrected chi connectivity index (χ1v) is 8.65. The maximum Gasteiger partial charge on any atom is 0.416 e. The second-order valence-electron chi connectivity index (χ2n) is 5.69. The normalized spacial score (nSPS) is 18.9. The van der Waals surface area contributed by atoms with Crippen molar-refractivity contribution in [1.29, 1.82) is 0 Å². The first kappa shape index (κ1) is 19.5. The number of carboxylic acid groups (broad SMARTS) is 1. The number of anilines is 1. The summed E-state index contributed by atoms with van der Waals surface area (Å²) in [6, 6.07) is 0.976. The molecular weight excluding hydrogens is 365 g/mol. The minimum absolute atomic E-state index is 0.0207. The van der Waals surface area contributed by atoms with E-state index >= 15 is 0 Å². The lowest BCUT2D eigenvalue weighted by molar-refractivity contribution is -0.138. The van der Waals surface area contributed by atoms with Crippen molar-refractivity contribution in [1.82, 2.24) is 4.31 Å². The second-order valence-corrected chi connectivity index (χ2v) is 7.73. The van der Waals surface area contributed by atoms with Crippen LogP contribution in [-0.4, -0.2) is 56.1 Å². The lowest BCUT2D eigenvalue weighted by Gasteiger charge is -2.19. The van der Waals surface area contributed by atoms with Crippen molar-refractivity contribution < 1.29 is 36.2 Å². The van der Waals surface area contributed by atoms with E-state index < -0.39 is 38.7 Å². The number of benzene rings is 1. The standard InChI is InChI=1S/C14H17F3N2O5S/c1-8(13(20)21)18-10-3-9(14(15,16)17)4-12(5-10)25(22,23)19(2)6-11-7-24-11/h3-5,8,11,18H,6-7H2,1-2H3,(H,20,21)/t8-,11?/m0/s1. The number of alkyl halides is 3. The van der Waals surface area contributed by atoms with Crippen molar-refractivity contribution in [2.75, 3.05) is 25.5 Å². The van der Waals surface area contributed by atoms with Gasteiger partial charge in [-0.2, -0.15) is 17.5 Å². The zero-order chi connectivity index (χ0) is 19.0. The van der Waals surface area contributed by atoms with Crippen molar-refractivity contribution >= 4 is 21.7 Å². The van der Waals surface area contributed by atoms with Gasteiger partial charge in [-0.15, -0.1) is 0 Å². The third-order valence-corrected chi connectivity index (χ3v) is 5.36. The fraction of sp³-hybridized carbons (Fsp3) is 0.500. The summed E-state index contributed by atoms with van der Waals surface area (Å²) < 4.78 is 70.1. The SMILES string of the molecule is C[C@H](Nc1cc(C(F)(F)F)cc(S(=O)(=O)N(C)CC2CO2)c1)C(=O)O. The van der Waals surface area contributed by atoms with E-state index in [1.807, 2.05) is 0 Å². The number of hydrogen-bond acceptors (Lipinski definition) is 5. The molecule has 0 bridgehead atoms. The predicted octanol–water partition coefficient (Wildman–Crippen LogP) is 1.61. The number of halogens is 3. The van der Waals surface area contributed by atoms with Crippen LogP contribution in [0.2, 0.25) is 0 Å². The molecule has 1 unspecified atom stereocenters. The van der Waals surface area contributed by atoms with Crippen LogP contribution in [0.1, 0.15) is 12.5 Å². The molecule has 7 nitrogen and oxygen atoms in total. The van der Waals surface area contributed by atoms with E-state index in [-0.39, 0.29) is 18.3 Å². The van der Waals surface area contributed by atoms with Crippen LogP contribution >= 0.6 is 0 Å². The molecule has 0 aromatic heterocycles. The molecule has 2 N–H and O–H groups in total. The van der Waals surface area contributed by atoms with Crippen LogP contribution in [-0.2, 0) is 25.7 Å². The van der Waals surface area contributed by atoms with Gasteiger partial charge in [0.1, 0.15) is 6.04 Å². The first-order chi connectivity index (χ1) is 11.4. The largest absolute Gasteiger partial charge is 0.480 e. The number of sulfonamides is 1. The maximum atomic E-state index is 13.1. The monoisotopic (exact) mass is 382 g/mol. The number of rotatable bonds is 7. The highest BCUT2D eigenvalue weighted by Gasteiger charge is 2.35. The van der Waals surface area contributed by atoms with E-state index in [1.165, 1.54) is 14.0 Å². The molecule has 0 saturated carbocycles. The number of nitrogens with one attached hydrogen (secondary N) is 1. The molecule has 0 radical (unpaired) electrons. The third-order valence-electron chi connectivity index (χ3n) is 3.56. The lowest BCUT2D eigenvalue weighted by Crippen LogP contribution is -2.31. The molecule has 1 fully saturated rings. The van der Waals surface area contributed by atoms with Crippen molar-refractivity contribution in [3.05, 3.63) is 23.8 Å². The Labute approximate surface area is 142 Å². The van der Waals surface area contributed by atoms with Gasteiger partial charge in [-0.25, -0.2) is 8.42 Å². The number of ether oxygens (including phenoxy) is 1. The van der Waals surface area contributed by atoms with Crippen molar-refractivity contribution in [2.45, 2.75) is 30.1 Å². The average molecular weight is 382 g/mol. The van der Waals surface area contributed by atoms with E-state index in [9.17, 15) is 26.4 Å². The molecule has 2 atom stereocenters. The number of likely N-dealkylation sites (N-methyl/N-ethyl adjacent to an activating group) is 1. The van der Waals surface area contributed by atoms with Gasteiger partial charge in [0, 0.05) is 19.3 Å². The van der Waals surface area contributed by atoms with Crippen LogP contribution in [0.25, 0.3) is 0 Å². The quantitative estimate of drug-likeness (QED) is 0.695. The Bertz CT molecular complexity index is 762. The first-order valence-electron chi connectivity index (χ1n) is 7.21. The zero-order valence-corrected chi connectivity index (χ0v) is 14.2. The van der Waals surface area contributed by atoms with Gasteiger partial charge in [0.05, 0.1) is 23.2 Å². The van der Waals surface area contributed by atoms with Crippen LogP contribution in [0.3, 0.4) is 0 Å². The van der Waals surface area contributed by atoms with Crippen molar-refractivity contribution in [3.63, 3.8) is 0 Å². The molecule has 1 aromatic carbocycles. The van der Waals surface area contributed by atoms with Gasteiger partial charge >= 0.3 is 12.1 Å². The predicted molar refractivity (Wildman–Crippen MR) is 81.7 cm³/mol. The molecule has 1 aliphatic heterocycles. The lowest BCUT2D eigenvalue weighted by atomic mass is 10.2. The van der Waals surface area contributed by atoms with Crippen LogP contribution in [0.4, 0.5) is 18.9 Å². The highest BCUT2D eigenvalue weighted by molar-refractivity contribution is 7.89. The van der Waals surface area contributed by atoms with Gasteiger partial charge in [0.15, 0.2) is 0 Å². The Balaban J connectivity index is 2.43. The van der Waals surface area contributed by atoms with Crippen LogP contribution in [0.5, 0.6) is 0 Å². The summed E-state index contributed by atoms with van der Waals surface area (Å²) in [6.45, 7) is 1.64. The Kier molecular flexibility index (Phi) is 5.30. The Morgan fingerprint density at radius 3 is 2.52 bits per heavy atom. The zero-order valence-electron chi connectivity index (χ0n) is 13.4. The van der Waals surface area contributed by atoms with Gasteiger partial charge < -0.3 is 15.2 Å². The molecule has 1 aromatic rings. The summed E-state index contributed by atoms with van der Waals surface area (Å²) in [5, 5.41) is 11.2. The highest BCUT2D eigenvalue weighted by Crippen LogP contribution is 2.34. The van der Waals surface area contributed by atoms with Gasteiger partial charge in [-0.05, 0) is 25.1 Å². The van der Waals surface area contributed by atoms with E-state index in [0.29, 0.717) is 18.7 Å². The van der Waals surface area contributed by atoms with E-state index in [2.05, 4.69) is 5.32 Å². The minimum Gasteiger partial charge on any atom is -0.480 e. The van der Waals surface area contributed by atoms with Crippen molar-refractivity contribution in [3.8, 4) is 0 Å². The second kappa shape index (κ2) is 6.81. The number of nitrogens with zero attached hydrogens (tertiary/aromatic N) is 1. The number of carbonyl (C=O) groups is 1. The third kappa shape index (κ3) is 4.83. The molecule has 0 amide bonds. The van der Waals surface area contributed by atoms with E-state index in [0.717, 1.165) is 10.4 Å². The maximum absolute atomic E-state index is 13.1. The fourth-order valence-corrected chi connectivity index (χ4v) is 3.32. The number of epoxide rings is 1. The molecule has 140 valence electrons. The fourth-order valence-electron chi connectivity index (χ4n) is 2.05. The van der Waals surface area contributed by atoms with Gasteiger partial charge in [0.2, 0.25) is 10.0 Å². The molecule has 11 heteroatoms. The summed E-state index contributed by atoms with van der Waals surface area (Å²) in [5.74, 6) is -1.29. The molecule has 1 heterocycles. The van der Waals surface area contributed by atoms with E-state index in [1.54, 1.807) is 0 Å². The van der Waals surface area contributed by atoms with Gasteiger partial charge in [-0.3, -0.25) is 4.79 Å². The number of hydrogen-bond donors (Lipinski definition) is 2. The summed E-state index contributed by atoms with van der Waals surface area (Å²) in [4.78, 5) is 10.3. The molecular formula is C14H17F3N2O5S. The molecule has 0 aliphatic carbocycles. The topological polar surface area (TPSA) is 99.2 Å². The summed E-state index contributed by atoms with van der Waals surface area (Å²) in [5.41, 5.74) is -1.44. The van der Waals surface area contributed by atoms with Crippen LogP contribution in [0, 0.1) is 0 Å². The summed E-state index contributed by atoms with van der Waals surface area (Å²) in [6.07, 6.45) is -5.05. The number of aliphatic carboxylic acids is 1. The minimum atomic E-state index is -4.79. The van der Waals surface area contributed by atoms with E-state index in [4.69, 9.17) is 9.84 Å². The van der Waals surface area contributed by atoms with Crippen LogP contribution in [0.15, 0.2) is 23.1 Å². The van der Waals surface area contributed by atoms with Gasteiger partial charge in [-0.1, -0.05) is 0 Å². The Morgan fingerprint density at radius 2 is 2.04 bits per heavy atom. The smallest absolute Gasteiger partial charge is 0.416 e. The van der Waals surface area contributed by atoms with Crippen LogP contribution < -0.4 is 5.32 Å². The Morgan fingerprint density at radius 1 is 1.44 bits per heavy atom. The summed E-state index contributed by atoms with van der Waals surface area (Å²) in [7, 11) is -2.95. The average Bonchev–Trinajstić information content (AvgIpc) is 3.29. The van der Waals surface area contributed by atoms with Gasteiger partial charge in [0.25, 0.3) is 0 Å². The van der Waals surface area contributed by atoms with Crippen molar-refractivity contribution in [2.24, 2.45) is 0 Å².